The van der Waals surface area contributed by atoms with Crippen LogP contribution >= 0.6 is 22.7 Å². The maximum absolute atomic E-state index is 12.4. The van der Waals surface area contributed by atoms with Gasteiger partial charge in [0.15, 0.2) is 0 Å². The molecule has 0 saturated heterocycles. The summed E-state index contributed by atoms with van der Waals surface area (Å²) in [6, 6.07) is 13.9. The number of carbonyl (C=O) groups is 1. The van der Waals surface area contributed by atoms with E-state index in [1.165, 1.54) is 9.40 Å². The van der Waals surface area contributed by atoms with Gasteiger partial charge in [0.1, 0.15) is 11.9 Å². The first-order valence-electron chi connectivity index (χ1n) is 8.14. The number of hydrogen-bond donors (Lipinski definition) is 1. The molecule has 1 atom stereocenters. The average Bonchev–Trinajstić information content (AvgIpc) is 3.31. The zero-order valence-corrected chi connectivity index (χ0v) is 15.9. The Bertz CT molecular complexity index is 1020. The first kappa shape index (κ1) is 16.8. The van der Waals surface area contributed by atoms with Crippen molar-refractivity contribution in [1.29, 1.82) is 0 Å². The van der Waals surface area contributed by atoms with Crippen LogP contribution in [-0.2, 0) is 11.8 Å². The van der Waals surface area contributed by atoms with Gasteiger partial charge in [0.25, 0.3) is 0 Å². The van der Waals surface area contributed by atoms with E-state index in [9.17, 15) is 4.79 Å². The van der Waals surface area contributed by atoms with Crippen molar-refractivity contribution in [2.45, 2.75) is 13.0 Å². The number of rotatable bonds is 4. The highest BCUT2D eigenvalue weighted by molar-refractivity contribution is 7.28. The molecule has 1 aromatic carbocycles. The maximum Gasteiger partial charge on any atom is 0.413 e. The fourth-order valence-corrected chi connectivity index (χ4v) is 4.86. The van der Waals surface area contributed by atoms with Crippen molar-refractivity contribution in [3.63, 3.8) is 0 Å². The van der Waals surface area contributed by atoms with Crippen LogP contribution in [0.25, 0.3) is 19.8 Å². The number of fused-ring (bicyclic) bond motifs is 1. The van der Waals surface area contributed by atoms with Gasteiger partial charge in [0.05, 0.1) is 11.8 Å². The highest BCUT2D eigenvalue weighted by Gasteiger charge is 2.18. The molecule has 7 heteroatoms. The number of aromatic nitrogens is 2. The molecule has 1 N–H and O–H groups in total. The summed E-state index contributed by atoms with van der Waals surface area (Å²) in [5.74, 6) is 0.629. The first-order chi connectivity index (χ1) is 12.6. The van der Waals surface area contributed by atoms with E-state index >= 15 is 0 Å². The van der Waals surface area contributed by atoms with Gasteiger partial charge in [-0.2, -0.15) is 5.10 Å². The van der Waals surface area contributed by atoms with Crippen LogP contribution in [0.3, 0.4) is 0 Å². The number of nitrogens with one attached hydrogen (secondary N) is 1. The highest BCUT2D eigenvalue weighted by atomic mass is 32.1. The topological polar surface area (TPSA) is 56.1 Å². The Morgan fingerprint density at radius 3 is 2.81 bits per heavy atom. The summed E-state index contributed by atoms with van der Waals surface area (Å²) in [7, 11) is 1.80. The Morgan fingerprint density at radius 2 is 2.04 bits per heavy atom. The molecule has 0 saturated carbocycles. The number of aryl methyl sites for hydroxylation is 1. The van der Waals surface area contributed by atoms with E-state index in [1.54, 1.807) is 40.6 Å². The van der Waals surface area contributed by atoms with Crippen molar-refractivity contribution in [3.05, 3.63) is 59.6 Å². The van der Waals surface area contributed by atoms with Gasteiger partial charge in [0, 0.05) is 21.3 Å². The van der Waals surface area contributed by atoms with Crippen molar-refractivity contribution in [3.8, 4) is 10.4 Å². The fourth-order valence-electron chi connectivity index (χ4n) is 2.74. The van der Waals surface area contributed by atoms with Crippen molar-refractivity contribution >= 4 is 44.0 Å². The summed E-state index contributed by atoms with van der Waals surface area (Å²) >= 11 is 3.39. The predicted molar refractivity (Wildman–Crippen MR) is 107 cm³/mol. The van der Waals surface area contributed by atoms with Crippen molar-refractivity contribution in [2.24, 2.45) is 7.05 Å². The molecule has 4 aromatic rings. The van der Waals surface area contributed by atoms with Crippen molar-refractivity contribution in [2.75, 3.05) is 5.32 Å². The number of nitrogens with zero attached hydrogens (tertiary/aromatic N) is 2. The molecular weight excluding hydrogens is 366 g/mol. The van der Waals surface area contributed by atoms with Crippen LogP contribution in [0.4, 0.5) is 10.6 Å². The molecule has 132 valence electrons. The summed E-state index contributed by atoms with van der Waals surface area (Å²) < 4.78 is 9.64. The number of hydrogen-bond acceptors (Lipinski definition) is 5. The van der Waals surface area contributed by atoms with Crippen LogP contribution in [0.15, 0.2) is 54.0 Å². The highest BCUT2D eigenvalue weighted by Crippen LogP contribution is 2.39. The Kier molecular flexibility index (Phi) is 4.48. The first-order valence-corrected chi connectivity index (χ1v) is 9.83. The lowest BCUT2D eigenvalue weighted by atomic mass is 10.1. The van der Waals surface area contributed by atoms with Crippen LogP contribution in [-0.4, -0.2) is 15.9 Å². The lowest BCUT2D eigenvalue weighted by Crippen LogP contribution is -2.18. The second-order valence-electron chi connectivity index (χ2n) is 5.87. The van der Waals surface area contributed by atoms with Gasteiger partial charge in [-0.1, -0.05) is 30.3 Å². The molecular formula is C19H17N3O2S2. The third-order valence-electron chi connectivity index (χ3n) is 4.12. The van der Waals surface area contributed by atoms with Gasteiger partial charge in [-0.3, -0.25) is 10.00 Å². The minimum Gasteiger partial charge on any atom is -0.441 e. The van der Waals surface area contributed by atoms with Crippen molar-refractivity contribution in [1.82, 2.24) is 9.78 Å². The lowest BCUT2D eigenvalue weighted by molar-refractivity contribution is 0.121. The Balaban J connectivity index is 1.54. The fraction of sp³-hybridized carbons (Fsp3) is 0.158. The number of amides is 1. The quantitative estimate of drug-likeness (QED) is 0.494. The van der Waals surface area contributed by atoms with Crippen molar-refractivity contribution < 1.29 is 9.53 Å². The molecule has 0 bridgehead atoms. The minimum absolute atomic E-state index is 0.333. The predicted octanol–water partition coefficient (Wildman–Crippen LogP) is 5.67. The van der Waals surface area contributed by atoms with Crippen LogP contribution in [0.2, 0.25) is 0 Å². The molecule has 5 nitrogen and oxygen atoms in total. The molecule has 0 aliphatic carbocycles. The minimum atomic E-state index is -0.496. The van der Waals surface area contributed by atoms with Crippen LogP contribution in [0, 0.1) is 0 Å². The second-order valence-corrected chi connectivity index (χ2v) is 7.90. The molecule has 0 aliphatic rings. The van der Waals surface area contributed by atoms with Gasteiger partial charge in [-0.25, -0.2) is 4.79 Å². The van der Waals surface area contributed by atoms with Crippen LogP contribution < -0.4 is 5.32 Å². The molecule has 4 rings (SSSR count). The van der Waals surface area contributed by atoms with E-state index in [4.69, 9.17) is 4.74 Å². The van der Waals surface area contributed by atoms with E-state index in [0.717, 1.165) is 16.0 Å². The molecule has 0 radical (unpaired) electrons. The summed E-state index contributed by atoms with van der Waals surface area (Å²) in [6.07, 6.45) is 0.940. The van der Waals surface area contributed by atoms with Crippen LogP contribution in [0.1, 0.15) is 18.6 Å². The molecule has 1 unspecified atom stereocenters. The van der Waals surface area contributed by atoms with Gasteiger partial charge in [-0.05, 0) is 30.0 Å². The normalized spacial score (nSPS) is 12.2. The van der Waals surface area contributed by atoms with Gasteiger partial charge in [0.2, 0.25) is 0 Å². The molecule has 3 aromatic heterocycles. The zero-order valence-electron chi connectivity index (χ0n) is 14.3. The van der Waals surface area contributed by atoms with E-state index in [-0.39, 0.29) is 6.10 Å². The summed E-state index contributed by atoms with van der Waals surface area (Å²) in [6.45, 7) is 1.85. The Hall–Kier alpha value is -2.64. The number of benzene rings is 1. The molecule has 1 amide bonds. The smallest absolute Gasteiger partial charge is 0.413 e. The third-order valence-corrected chi connectivity index (χ3v) is 6.24. The molecule has 26 heavy (non-hydrogen) atoms. The summed E-state index contributed by atoms with van der Waals surface area (Å²) in [5, 5.41) is 9.22. The van der Waals surface area contributed by atoms with E-state index in [1.807, 2.05) is 37.3 Å². The molecule has 0 fully saturated rings. The Morgan fingerprint density at radius 1 is 1.23 bits per heavy atom. The largest absolute Gasteiger partial charge is 0.441 e. The number of thiophene rings is 2. The van der Waals surface area contributed by atoms with E-state index in [2.05, 4.69) is 27.9 Å². The average molecular weight is 383 g/mol. The second kappa shape index (κ2) is 6.93. The lowest BCUT2D eigenvalue weighted by Gasteiger charge is -2.14. The summed E-state index contributed by atoms with van der Waals surface area (Å²) in [5.41, 5.74) is 1.84. The standard InChI is InChI=1S/C19H17N3O2S2/c1-12(13-6-4-3-5-7-13)24-19(23)21-18-14(11-20-22(18)2)16-10-17-15(26-16)8-9-25-17/h3-12H,1-2H3,(H,21,23). The zero-order chi connectivity index (χ0) is 18.1. The molecule has 0 aliphatic heterocycles. The number of anilines is 1. The van der Waals surface area contributed by atoms with E-state index in [0.29, 0.717) is 5.82 Å². The Labute approximate surface area is 158 Å². The van der Waals surface area contributed by atoms with Gasteiger partial charge < -0.3 is 4.74 Å². The molecule has 3 heterocycles. The van der Waals surface area contributed by atoms with Gasteiger partial charge >= 0.3 is 6.09 Å². The maximum atomic E-state index is 12.4. The third kappa shape index (κ3) is 3.23. The SMILES string of the molecule is CC(OC(=O)Nc1c(-c2cc3sccc3s2)cnn1C)c1ccccc1. The molecule has 0 spiro atoms. The van der Waals surface area contributed by atoms with Gasteiger partial charge in [-0.15, -0.1) is 22.7 Å². The monoisotopic (exact) mass is 383 g/mol. The van der Waals surface area contributed by atoms with Crippen LogP contribution in [0.5, 0.6) is 0 Å². The summed E-state index contributed by atoms with van der Waals surface area (Å²) in [4.78, 5) is 13.5. The van der Waals surface area contributed by atoms with E-state index < -0.39 is 6.09 Å². The number of ether oxygens (including phenoxy) is 1. The number of carbonyl (C=O) groups excluding carboxylic acids is 1.